The van der Waals surface area contributed by atoms with Crippen LogP contribution in [0.15, 0.2) is 24.3 Å². The van der Waals surface area contributed by atoms with Gasteiger partial charge in [-0.05, 0) is 31.9 Å². The van der Waals surface area contributed by atoms with E-state index in [9.17, 15) is 9.59 Å². The standard InChI is InChI=1S/C15H21N3O3/c1-15(2,3)21-14(20)18-10-12-8-6-5-7-11(12)9-17(18)13(19)16-4/h5-8H,9-10H2,1-4H3,(H,16,19). The van der Waals surface area contributed by atoms with Gasteiger partial charge >= 0.3 is 12.1 Å². The van der Waals surface area contributed by atoms with Crippen molar-refractivity contribution in [2.24, 2.45) is 0 Å². The second kappa shape index (κ2) is 5.63. The molecule has 6 heteroatoms. The fourth-order valence-electron chi connectivity index (χ4n) is 2.15. The molecule has 1 N–H and O–H groups in total. The van der Waals surface area contributed by atoms with E-state index >= 15 is 0 Å². The van der Waals surface area contributed by atoms with Gasteiger partial charge in [-0.25, -0.2) is 19.6 Å². The van der Waals surface area contributed by atoms with Crippen molar-refractivity contribution in [2.45, 2.75) is 39.5 Å². The Hall–Kier alpha value is -2.24. The Kier molecular flexibility index (Phi) is 4.06. The highest BCUT2D eigenvalue weighted by Crippen LogP contribution is 2.24. The second-order valence-corrected chi connectivity index (χ2v) is 5.92. The molecular weight excluding hydrogens is 270 g/mol. The van der Waals surface area contributed by atoms with Gasteiger partial charge in [0, 0.05) is 7.05 Å². The molecule has 0 saturated carbocycles. The lowest BCUT2D eigenvalue weighted by Crippen LogP contribution is -2.55. The lowest BCUT2D eigenvalue weighted by Gasteiger charge is -2.39. The van der Waals surface area contributed by atoms with Gasteiger partial charge < -0.3 is 10.1 Å². The number of nitrogens with zero attached hydrogens (tertiary/aromatic N) is 2. The fraction of sp³-hybridized carbons (Fsp3) is 0.467. The average Bonchev–Trinajstić information content (AvgIpc) is 2.43. The van der Waals surface area contributed by atoms with Crippen LogP contribution in [0.4, 0.5) is 9.59 Å². The van der Waals surface area contributed by atoms with E-state index in [-0.39, 0.29) is 6.03 Å². The SMILES string of the molecule is CNC(=O)N1Cc2ccccc2CN1C(=O)OC(C)(C)C. The van der Waals surface area contributed by atoms with Crippen LogP contribution in [-0.2, 0) is 17.8 Å². The number of hydrazine groups is 1. The van der Waals surface area contributed by atoms with E-state index < -0.39 is 11.7 Å². The quantitative estimate of drug-likeness (QED) is 0.799. The molecule has 0 fully saturated rings. The summed E-state index contributed by atoms with van der Waals surface area (Å²) in [5, 5.41) is 5.26. The van der Waals surface area contributed by atoms with Crippen molar-refractivity contribution in [3.05, 3.63) is 35.4 Å². The Morgan fingerprint density at radius 3 is 2.10 bits per heavy atom. The summed E-state index contributed by atoms with van der Waals surface area (Å²) in [6.45, 7) is 6.06. The first-order chi connectivity index (χ1) is 9.81. The van der Waals surface area contributed by atoms with Gasteiger partial charge in [0.25, 0.3) is 0 Å². The van der Waals surface area contributed by atoms with Gasteiger partial charge in [0.15, 0.2) is 0 Å². The van der Waals surface area contributed by atoms with E-state index in [1.807, 2.05) is 24.3 Å². The van der Waals surface area contributed by atoms with Crippen molar-refractivity contribution in [1.29, 1.82) is 0 Å². The minimum atomic E-state index is -0.609. The van der Waals surface area contributed by atoms with E-state index in [4.69, 9.17) is 4.74 Å². The molecule has 0 atom stereocenters. The molecule has 21 heavy (non-hydrogen) atoms. The van der Waals surface area contributed by atoms with E-state index in [0.29, 0.717) is 13.1 Å². The van der Waals surface area contributed by atoms with Crippen LogP contribution in [0.3, 0.4) is 0 Å². The Morgan fingerprint density at radius 1 is 1.10 bits per heavy atom. The average molecular weight is 291 g/mol. The number of carbonyl (C=O) groups is 2. The summed E-state index contributed by atoms with van der Waals surface area (Å²) in [6, 6.07) is 7.41. The van der Waals surface area contributed by atoms with E-state index in [1.54, 1.807) is 20.8 Å². The van der Waals surface area contributed by atoms with E-state index in [0.717, 1.165) is 11.1 Å². The summed E-state index contributed by atoms with van der Waals surface area (Å²) in [7, 11) is 1.54. The Labute approximate surface area is 124 Å². The summed E-state index contributed by atoms with van der Waals surface area (Å²) in [5.41, 5.74) is 1.44. The molecule has 1 aromatic carbocycles. The number of amides is 3. The normalized spacial score (nSPS) is 14.5. The smallest absolute Gasteiger partial charge is 0.429 e. The number of rotatable bonds is 0. The molecule has 6 nitrogen and oxygen atoms in total. The molecule has 0 aromatic heterocycles. The number of nitrogens with one attached hydrogen (secondary N) is 1. The van der Waals surface area contributed by atoms with E-state index in [2.05, 4.69) is 5.32 Å². The first-order valence-corrected chi connectivity index (χ1v) is 6.88. The largest absolute Gasteiger partial charge is 0.442 e. The topological polar surface area (TPSA) is 61.9 Å². The number of fused-ring (bicyclic) bond motifs is 1. The zero-order valence-corrected chi connectivity index (χ0v) is 12.8. The van der Waals surface area contributed by atoms with Crippen molar-refractivity contribution >= 4 is 12.1 Å². The molecular formula is C15H21N3O3. The molecule has 0 unspecified atom stereocenters. The summed E-state index contributed by atoms with van der Waals surface area (Å²) >= 11 is 0. The number of ether oxygens (including phenoxy) is 1. The first-order valence-electron chi connectivity index (χ1n) is 6.88. The maximum atomic E-state index is 12.3. The summed E-state index contributed by atoms with van der Waals surface area (Å²) in [4.78, 5) is 24.4. The number of benzene rings is 1. The van der Waals surface area contributed by atoms with Gasteiger partial charge in [-0.1, -0.05) is 24.3 Å². The molecule has 1 aromatic rings. The van der Waals surface area contributed by atoms with Crippen LogP contribution in [0.25, 0.3) is 0 Å². The van der Waals surface area contributed by atoms with Gasteiger partial charge in [-0.15, -0.1) is 0 Å². The Morgan fingerprint density at radius 2 is 1.62 bits per heavy atom. The predicted molar refractivity (Wildman–Crippen MR) is 78.2 cm³/mol. The Balaban J connectivity index is 2.28. The van der Waals surface area contributed by atoms with Crippen molar-refractivity contribution in [3.8, 4) is 0 Å². The van der Waals surface area contributed by atoms with Crippen LogP contribution < -0.4 is 5.32 Å². The van der Waals surface area contributed by atoms with Crippen molar-refractivity contribution in [1.82, 2.24) is 15.3 Å². The summed E-state index contributed by atoms with van der Waals surface area (Å²) in [5.74, 6) is 0. The zero-order valence-electron chi connectivity index (χ0n) is 12.8. The number of urea groups is 1. The maximum Gasteiger partial charge on any atom is 0.429 e. The lowest BCUT2D eigenvalue weighted by molar-refractivity contribution is -0.0436. The molecule has 1 aliphatic heterocycles. The minimum absolute atomic E-state index is 0.318. The molecule has 3 amide bonds. The third-order valence-electron chi connectivity index (χ3n) is 3.10. The second-order valence-electron chi connectivity index (χ2n) is 5.92. The highest BCUT2D eigenvalue weighted by atomic mass is 16.6. The van der Waals surface area contributed by atoms with Gasteiger partial charge in [-0.3, -0.25) is 0 Å². The fourth-order valence-corrected chi connectivity index (χ4v) is 2.15. The summed E-state index contributed by atoms with van der Waals surface area (Å²) in [6.07, 6.45) is -0.527. The third kappa shape index (κ3) is 3.45. The van der Waals surface area contributed by atoms with Gasteiger partial charge in [0.1, 0.15) is 5.60 Å². The van der Waals surface area contributed by atoms with Crippen LogP contribution in [0.2, 0.25) is 0 Å². The van der Waals surface area contributed by atoms with Crippen molar-refractivity contribution in [3.63, 3.8) is 0 Å². The minimum Gasteiger partial charge on any atom is -0.442 e. The van der Waals surface area contributed by atoms with Crippen LogP contribution >= 0.6 is 0 Å². The highest BCUT2D eigenvalue weighted by molar-refractivity contribution is 5.78. The van der Waals surface area contributed by atoms with Crippen LogP contribution in [-0.4, -0.2) is 34.8 Å². The van der Waals surface area contributed by atoms with E-state index in [1.165, 1.54) is 17.1 Å². The number of carbonyl (C=O) groups excluding carboxylic acids is 2. The van der Waals surface area contributed by atoms with Crippen LogP contribution in [0.5, 0.6) is 0 Å². The van der Waals surface area contributed by atoms with Crippen molar-refractivity contribution < 1.29 is 14.3 Å². The summed E-state index contributed by atoms with van der Waals surface area (Å²) < 4.78 is 5.38. The Bertz CT molecular complexity index is 551. The van der Waals surface area contributed by atoms with Crippen molar-refractivity contribution in [2.75, 3.05) is 7.05 Å². The first kappa shape index (κ1) is 15.2. The van der Waals surface area contributed by atoms with Gasteiger partial charge in [0.05, 0.1) is 13.1 Å². The number of hydrogen-bond donors (Lipinski definition) is 1. The predicted octanol–water partition coefficient (Wildman–Crippen LogP) is 2.49. The molecule has 0 aliphatic carbocycles. The molecule has 0 radical (unpaired) electrons. The third-order valence-corrected chi connectivity index (χ3v) is 3.10. The monoisotopic (exact) mass is 291 g/mol. The molecule has 1 aliphatic rings. The van der Waals surface area contributed by atoms with Crippen LogP contribution in [0, 0.1) is 0 Å². The molecule has 0 saturated heterocycles. The zero-order chi connectivity index (χ0) is 15.6. The van der Waals surface area contributed by atoms with Gasteiger partial charge in [0.2, 0.25) is 0 Å². The maximum absolute atomic E-state index is 12.3. The lowest BCUT2D eigenvalue weighted by atomic mass is 10.1. The highest BCUT2D eigenvalue weighted by Gasteiger charge is 2.33. The van der Waals surface area contributed by atoms with Crippen LogP contribution in [0.1, 0.15) is 31.9 Å². The molecule has 2 rings (SSSR count). The van der Waals surface area contributed by atoms with Gasteiger partial charge in [-0.2, -0.15) is 0 Å². The molecule has 114 valence electrons. The molecule has 0 spiro atoms. The number of hydrogen-bond acceptors (Lipinski definition) is 3. The molecule has 0 bridgehead atoms. The molecule has 1 heterocycles.